The van der Waals surface area contributed by atoms with Crippen molar-refractivity contribution < 1.29 is 18.0 Å². The second-order valence-electron chi connectivity index (χ2n) is 6.93. The molecule has 0 radical (unpaired) electrons. The molecule has 2 aromatic rings. The number of aromatic nitrogens is 1. The number of aromatic amines is 1. The van der Waals surface area contributed by atoms with Gasteiger partial charge in [-0.1, -0.05) is 25.6 Å². The molecule has 1 aliphatic rings. The summed E-state index contributed by atoms with van der Waals surface area (Å²) in [6, 6.07) is 8.08. The van der Waals surface area contributed by atoms with E-state index in [1.165, 1.54) is 30.5 Å². The molecule has 1 aromatic carbocycles. The molecule has 1 aromatic heterocycles. The number of nitrogens with one attached hydrogen (secondary N) is 2. The van der Waals surface area contributed by atoms with Crippen molar-refractivity contribution in [2.45, 2.75) is 39.3 Å². The van der Waals surface area contributed by atoms with Crippen molar-refractivity contribution in [3.63, 3.8) is 0 Å². The zero-order valence-electron chi connectivity index (χ0n) is 15.2. The molecule has 0 aliphatic heterocycles. The van der Waals surface area contributed by atoms with Gasteiger partial charge in [0.2, 0.25) is 5.56 Å². The molecule has 3 rings (SSSR count). The first-order valence-corrected chi connectivity index (χ1v) is 9.16. The molecule has 1 atom stereocenters. The van der Waals surface area contributed by atoms with E-state index in [-0.39, 0.29) is 18.9 Å². The Bertz CT molecular complexity index is 894. The molecule has 0 saturated heterocycles. The minimum Gasteiger partial charge on any atom is -0.352 e. The van der Waals surface area contributed by atoms with E-state index < -0.39 is 11.7 Å². The molecular weight excluding hydrogens is 381 g/mol. The predicted octanol–water partition coefficient (Wildman–Crippen LogP) is 5.03. The minimum absolute atomic E-state index is 0. The molecule has 0 saturated carbocycles. The van der Waals surface area contributed by atoms with Crippen LogP contribution in [0.25, 0.3) is 5.57 Å². The fourth-order valence-electron chi connectivity index (χ4n) is 3.33. The minimum atomic E-state index is -4.32. The third kappa shape index (κ3) is 6.07. The summed E-state index contributed by atoms with van der Waals surface area (Å²) < 4.78 is 38.0. The van der Waals surface area contributed by atoms with E-state index in [9.17, 15) is 22.8 Å². The van der Waals surface area contributed by atoms with Crippen LogP contribution >= 0.6 is 0 Å². The van der Waals surface area contributed by atoms with Crippen LogP contribution in [-0.4, -0.2) is 17.4 Å². The van der Waals surface area contributed by atoms with Gasteiger partial charge in [0.25, 0.3) is 5.91 Å². The molecule has 7 heteroatoms. The van der Waals surface area contributed by atoms with E-state index in [2.05, 4.69) is 16.4 Å². The van der Waals surface area contributed by atoms with Crippen molar-refractivity contribution in [1.29, 1.82) is 0 Å². The van der Waals surface area contributed by atoms with E-state index in [0.717, 1.165) is 49.0 Å². The lowest BCUT2D eigenvalue weighted by Crippen LogP contribution is -2.26. The van der Waals surface area contributed by atoms with Crippen molar-refractivity contribution >= 4 is 11.5 Å². The highest BCUT2D eigenvalue weighted by Gasteiger charge is 2.30. The van der Waals surface area contributed by atoms with Crippen LogP contribution < -0.4 is 10.9 Å². The maximum absolute atomic E-state index is 12.7. The van der Waals surface area contributed by atoms with Crippen LogP contribution in [0.1, 0.15) is 54.6 Å². The van der Waals surface area contributed by atoms with Gasteiger partial charge >= 0.3 is 6.18 Å². The molecule has 156 valence electrons. The Hall–Kier alpha value is -2.83. The lowest BCUT2D eigenvalue weighted by molar-refractivity contribution is -0.137. The highest BCUT2D eigenvalue weighted by molar-refractivity contribution is 5.93. The van der Waals surface area contributed by atoms with Gasteiger partial charge in [-0.3, -0.25) is 9.59 Å². The SMILES string of the molecule is C.O=C(NCCC1CC=C(c2ccc(C(F)(F)F)cc2)CC1)c1ccc(=O)[nH]c1. The molecule has 2 N–H and O–H groups in total. The van der Waals surface area contributed by atoms with Gasteiger partial charge in [-0.2, -0.15) is 13.2 Å². The number of alkyl halides is 3. The largest absolute Gasteiger partial charge is 0.416 e. The second kappa shape index (κ2) is 9.58. The first-order valence-electron chi connectivity index (χ1n) is 9.16. The lowest BCUT2D eigenvalue weighted by Gasteiger charge is -2.22. The van der Waals surface area contributed by atoms with Gasteiger partial charge in [0, 0.05) is 18.8 Å². The zero-order chi connectivity index (χ0) is 20.1. The molecule has 1 aliphatic carbocycles. The van der Waals surface area contributed by atoms with E-state index in [0.29, 0.717) is 18.0 Å². The van der Waals surface area contributed by atoms with Crippen molar-refractivity contribution in [3.8, 4) is 0 Å². The Labute approximate surface area is 167 Å². The van der Waals surface area contributed by atoms with Gasteiger partial charge < -0.3 is 10.3 Å². The number of carbonyl (C=O) groups excluding carboxylic acids is 1. The number of hydrogen-bond donors (Lipinski definition) is 2. The van der Waals surface area contributed by atoms with Gasteiger partial charge in [-0.25, -0.2) is 0 Å². The van der Waals surface area contributed by atoms with Crippen LogP contribution in [-0.2, 0) is 6.18 Å². The molecule has 1 heterocycles. The van der Waals surface area contributed by atoms with E-state index >= 15 is 0 Å². The van der Waals surface area contributed by atoms with E-state index in [1.54, 1.807) is 0 Å². The monoisotopic (exact) mass is 406 g/mol. The highest BCUT2D eigenvalue weighted by atomic mass is 19.4. The first kappa shape index (κ1) is 22.5. The summed E-state index contributed by atoms with van der Waals surface area (Å²) >= 11 is 0. The molecule has 1 amide bonds. The van der Waals surface area contributed by atoms with Crippen molar-refractivity contribution in [2.24, 2.45) is 5.92 Å². The first-order chi connectivity index (χ1) is 13.3. The summed E-state index contributed by atoms with van der Waals surface area (Å²) in [5, 5.41) is 2.84. The van der Waals surface area contributed by atoms with Gasteiger partial charge in [-0.15, -0.1) is 0 Å². The predicted molar refractivity (Wildman–Crippen MR) is 108 cm³/mol. The quantitative estimate of drug-likeness (QED) is 0.731. The number of carbonyl (C=O) groups is 1. The topological polar surface area (TPSA) is 62.0 Å². The van der Waals surface area contributed by atoms with E-state index in [1.807, 2.05) is 0 Å². The van der Waals surface area contributed by atoms with Crippen LogP contribution in [0.4, 0.5) is 13.2 Å². The van der Waals surface area contributed by atoms with Crippen molar-refractivity contribution in [1.82, 2.24) is 10.3 Å². The maximum Gasteiger partial charge on any atom is 0.416 e. The second-order valence-corrected chi connectivity index (χ2v) is 6.93. The van der Waals surface area contributed by atoms with Gasteiger partial charge in [-0.05, 0) is 60.9 Å². The third-order valence-electron chi connectivity index (χ3n) is 4.99. The summed E-state index contributed by atoms with van der Waals surface area (Å²) in [5.41, 5.74) is 1.42. The average molecular weight is 406 g/mol. The van der Waals surface area contributed by atoms with Crippen LogP contribution in [0.15, 0.2) is 53.5 Å². The Morgan fingerprint density at radius 3 is 2.41 bits per heavy atom. The van der Waals surface area contributed by atoms with Crippen LogP contribution in [0.2, 0.25) is 0 Å². The fraction of sp³-hybridized carbons (Fsp3) is 0.364. The zero-order valence-corrected chi connectivity index (χ0v) is 15.2. The third-order valence-corrected chi connectivity index (χ3v) is 4.99. The number of amides is 1. The average Bonchev–Trinajstić information content (AvgIpc) is 2.68. The molecule has 29 heavy (non-hydrogen) atoms. The van der Waals surface area contributed by atoms with Gasteiger partial charge in [0.15, 0.2) is 0 Å². The normalized spacial score (nSPS) is 16.5. The van der Waals surface area contributed by atoms with Crippen LogP contribution in [0.5, 0.6) is 0 Å². The Morgan fingerprint density at radius 2 is 1.86 bits per heavy atom. The fourth-order valence-corrected chi connectivity index (χ4v) is 3.33. The standard InChI is InChI=1S/C21H21F3N2O2.CH4/c22-21(23,24)18-8-5-16(6-9-18)15-3-1-14(2-4-15)11-12-25-20(28)17-7-10-19(27)26-13-17;/h3,5-10,13-14H,1-2,4,11-12H2,(H,25,28)(H,26,27);1H4. The Kier molecular flexibility index (Phi) is 7.42. The number of pyridine rings is 1. The van der Waals surface area contributed by atoms with Crippen LogP contribution in [0, 0.1) is 5.92 Å². The number of allylic oxidation sites excluding steroid dienone is 2. The van der Waals surface area contributed by atoms with Crippen molar-refractivity contribution in [2.75, 3.05) is 6.54 Å². The number of halogens is 3. The number of benzene rings is 1. The molecule has 0 spiro atoms. The van der Waals surface area contributed by atoms with Gasteiger partial charge in [0.1, 0.15) is 0 Å². The Morgan fingerprint density at radius 1 is 1.14 bits per heavy atom. The van der Waals surface area contributed by atoms with Gasteiger partial charge in [0.05, 0.1) is 11.1 Å². The number of hydrogen-bond acceptors (Lipinski definition) is 2. The molecule has 0 bridgehead atoms. The molecular formula is C22H25F3N2O2. The smallest absolute Gasteiger partial charge is 0.352 e. The molecule has 0 fully saturated rings. The summed E-state index contributed by atoms with van der Waals surface area (Å²) in [6.07, 6.45) is 2.56. The maximum atomic E-state index is 12.7. The summed E-state index contributed by atoms with van der Waals surface area (Å²) in [4.78, 5) is 25.5. The number of H-pyrrole nitrogens is 1. The molecule has 4 nitrogen and oxygen atoms in total. The van der Waals surface area contributed by atoms with E-state index in [4.69, 9.17) is 0 Å². The Balaban J connectivity index is 0.00000300. The number of rotatable bonds is 5. The highest BCUT2D eigenvalue weighted by Crippen LogP contribution is 2.34. The van der Waals surface area contributed by atoms with Crippen molar-refractivity contribution in [3.05, 3.63) is 75.7 Å². The lowest BCUT2D eigenvalue weighted by atomic mass is 9.85. The summed E-state index contributed by atoms with van der Waals surface area (Å²) in [7, 11) is 0. The van der Waals surface area contributed by atoms with Crippen LogP contribution in [0.3, 0.4) is 0 Å². The molecule has 1 unspecified atom stereocenters. The summed E-state index contributed by atoms with van der Waals surface area (Å²) in [5.74, 6) is 0.196. The summed E-state index contributed by atoms with van der Waals surface area (Å²) in [6.45, 7) is 0.534.